The number of sulfone groups is 1. The highest BCUT2D eigenvalue weighted by molar-refractivity contribution is 7.90. The van der Waals surface area contributed by atoms with Crippen molar-refractivity contribution in [2.24, 2.45) is 4.99 Å². The molecule has 0 amide bonds. The molecule has 0 saturated carbocycles. The summed E-state index contributed by atoms with van der Waals surface area (Å²) >= 11 is 0. The Bertz CT molecular complexity index is 880. The first kappa shape index (κ1) is 16.5. The van der Waals surface area contributed by atoms with E-state index in [0.717, 1.165) is 17.8 Å². The maximum atomic E-state index is 11.7. The molecule has 128 valence electrons. The van der Waals surface area contributed by atoms with E-state index in [9.17, 15) is 8.42 Å². The molecular formula is C16H21N5O2S. The van der Waals surface area contributed by atoms with Gasteiger partial charge in [0.05, 0.1) is 5.69 Å². The van der Waals surface area contributed by atoms with Gasteiger partial charge in [0.15, 0.2) is 20.7 Å². The van der Waals surface area contributed by atoms with Gasteiger partial charge in [-0.15, -0.1) is 0 Å². The van der Waals surface area contributed by atoms with Crippen LogP contribution in [0.25, 0.3) is 0 Å². The molecule has 3 heterocycles. The van der Waals surface area contributed by atoms with Crippen molar-refractivity contribution in [1.29, 1.82) is 0 Å². The first-order valence-electron chi connectivity index (χ1n) is 7.60. The summed E-state index contributed by atoms with van der Waals surface area (Å²) < 4.78 is 23.4. The van der Waals surface area contributed by atoms with Gasteiger partial charge in [-0.2, -0.15) is 0 Å². The molecule has 2 aromatic rings. The van der Waals surface area contributed by atoms with E-state index >= 15 is 0 Å². The molecule has 0 radical (unpaired) electrons. The van der Waals surface area contributed by atoms with Crippen molar-refractivity contribution in [1.82, 2.24) is 9.97 Å². The largest absolute Gasteiger partial charge is 0.361 e. The zero-order chi connectivity index (χ0) is 17.5. The van der Waals surface area contributed by atoms with E-state index in [0.29, 0.717) is 5.69 Å². The molecule has 0 fully saturated rings. The molecule has 1 aliphatic rings. The lowest BCUT2D eigenvalue weighted by molar-refractivity contribution is 0.494. The summed E-state index contributed by atoms with van der Waals surface area (Å²) in [6.45, 7) is 6.35. The van der Waals surface area contributed by atoms with Gasteiger partial charge in [-0.1, -0.05) is 0 Å². The Morgan fingerprint density at radius 1 is 1.29 bits per heavy atom. The molecule has 1 unspecified atom stereocenters. The van der Waals surface area contributed by atoms with Gasteiger partial charge in [0.25, 0.3) is 0 Å². The third-order valence-corrected chi connectivity index (χ3v) is 4.72. The number of H-pyrrole nitrogens is 1. The van der Waals surface area contributed by atoms with Crippen LogP contribution >= 0.6 is 0 Å². The van der Waals surface area contributed by atoms with Gasteiger partial charge in [-0.25, -0.2) is 18.4 Å². The molecule has 0 spiro atoms. The van der Waals surface area contributed by atoms with Crippen LogP contribution in [-0.4, -0.2) is 42.6 Å². The minimum Gasteiger partial charge on any atom is -0.361 e. The Balaban J connectivity index is 1.95. The first-order valence-corrected chi connectivity index (χ1v) is 9.49. The van der Waals surface area contributed by atoms with Crippen LogP contribution in [0.4, 0.5) is 17.2 Å². The summed E-state index contributed by atoms with van der Waals surface area (Å²) in [5.41, 5.74) is 1.52. The predicted molar refractivity (Wildman–Crippen MR) is 95.9 cm³/mol. The van der Waals surface area contributed by atoms with E-state index in [1.165, 1.54) is 12.3 Å². The molecule has 1 atom stereocenters. The van der Waals surface area contributed by atoms with Crippen LogP contribution in [0.5, 0.6) is 0 Å². The van der Waals surface area contributed by atoms with Gasteiger partial charge < -0.3 is 15.2 Å². The average molecular weight is 347 g/mol. The average Bonchev–Trinajstić information content (AvgIpc) is 2.93. The fourth-order valence-electron chi connectivity index (χ4n) is 2.77. The van der Waals surface area contributed by atoms with E-state index in [2.05, 4.69) is 45.9 Å². The minimum absolute atomic E-state index is 0.0462. The number of anilines is 2. The highest BCUT2D eigenvalue weighted by Gasteiger charge is 2.33. The van der Waals surface area contributed by atoms with Crippen LogP contribution in [0.3, 0.4) is 0 Å². The molecule has 3 rings (SSSR count). The van der Waals surface area contributed by atoms with E-state index < -0.39 is 9.84 Å². The van der Waals surface area contributed by atoms with Gasteiger partial charge in [0.2, 0.25) is 0 Å². The number of hydrogen-bond donors (Lipinski definition) is 2. The van der Waals surface area contributed by atoms with Crippen molar-refractivity contribution in [3.8, 4) is 0 Å². The molecule has 7 nitrogen and oxygen atoms in total. The number of nitrogens with zero attached hydrogens (tertiary/aromatic N) is 3. The van der Waals surface area contributed by atoms with Crippen LogP contribution < -0.4 is 10.2 Å². The lowest BCUT2D eigenvalue weighted by atomic mass is 10.0. The summed E-state index contributed by atoms with van der Waals surface area (Å²) in [5.74, 6) is 0.814. The van der Waals surface area contributed by atoms with Crippen molar-refractivity contribution in [2.75, 3.05) is 16.5 Å². The molecule has 8 heteroatoms. The van der Waals surface area contributed by atoms with Crippen molar-refractivity contribution in [3.63, 3.8) is 0 Å². The van der Waals surface area contributed by atoms with Crippen molar-refractivity contribution >= 4 is 33.2 Å². The second kappa shape index (κ2) is 5.62. The van der Waals surface area contributed by atoms with Gasteiger partial charge in [0.1, 0.15) is 6.17 Å². The van der Waals surface area contributed by atoms with E-state index in [1.54, 1.807) is 6.07 Å². The van der Waals surface area contributed by atoms with E-state index in [-0.39, 0.29) is 16.7 Å². The quantitative estimate of drug-likeness (QED) is 0.890. The fraction of sp³-hybridized carbons (Fsp3) is 0.375. The number of rotatable bonds is 3. The molecule has 0 bridgehead atoms. The molecule has 2 aromatic heterocycles. The number of aliphatic imine (C=N–C) groups is 1. The van der Waals surface area contributed by atoms with Gasteiger partial charge >= 0.3 is 0 Å². The van der Waals surface area contributed by atoms with Crippen LogP contribution in [-0.2, 0) is 9.84 Å². The van der Waals surface area contributed by atoms with E-state index in [4.69, 9.17) is 0 Å². The maximum absolute atomic E-state index is 11.7. The standard InChI is InChI=1S/C16H21N5O2S/c1-16(2,3)21-12-6-8-18-15(12)19-10-13(21)20-11-5-7-17-14(9-11)24(4,22)23/h5-10,13,18H,1-4H3,(H,17,20). The minimum atomic E-state index is -3.35. The fourth-order valence-corrected chi connectivity index (χ4v) is 3.36. The number of aromatic nitrogens is 2. The molecule has 0 saturated heterocycles. The van der Waals surface area contributed by atoms with Gasteiger partial charge in [0, 0.05) is 36.1 Å². The summed E-state index contributed by atoms with van der Waals surface area (Å²) in [6.07, 6.45) is 6.10. The second-order valence-electron chi connectivity index (χ2n) is 6.77. The Morgan fingerprint density at radius 2 is 2.04 bits per heavy atom. The topological polar surface area (TPSA) is 90.4 Å². The number of aromatic amines is 1. The SMILES string of the molecule is CC(C)(C)N1c2cc[nH]c2N=CC1Nc1ccnc(S(C)(=O)=O)c1. The predicted octanol–water partition coefficient (Wildman–Crippen LogP) is 2.57. The Hall–Kier alpha value is -2.35. The van der Waals surface area contributed by atoms with Crippen LogP contribution in [0.1, 0.15) is 20.8 Å². The Kier molecular flexibility index (Phi) is 3.87. The first-order chi connectivity index (χ1) is 11.2. The number of hydrogen-bond acceptors (Lipinski definition) is 6. The number of pyridine rings is 1. The number of fused-ring (bicyclic) bond motifs is 1. The maximum Gasteiger partial charge on any atom is 0.192 e. The van der Waals surface area contributed by atoms with Gasteiger partial charge in [-0.3, -0.25) is 0 Å². The summed E-state index contributed by atoms with van der Waals surface area (Å²) in [5, 5.41) is 3.39. The molecule has 0 aliphatic carbocycles. The monoisotopic (exact) mass is 347 g/mol. The molecule has 2 N–H and O–H groups in total. The molecule has 1 aliphatic heterocycles. The Labute approximate surface area is 141 Å². The van der Waals surface area contributed by atoms with E-state index in [1.807, 2.05) is 18.5 Å². The second-order valence-corrected chi connectivity index (χ2v) is 8.74. The smallest absolute Gasteiger partial charge is 0.192 e. The zero-order valence-electron chi connectivity index (χ0n) is 14.1. The third-order valence-electron chi connectivity index (χ3n) is 3.74. The molecule has 0 aromatic carbocycles. The zero-order valence-corrected chi connectivity index (χ0v) is 14.9. The highest BCUT2D eigenvalue weighted by Crippen LogP contribution is 2.36. The Morgan fingerprint density at radius 3 is 2.71 bits per heavy atom. The molecular weight excluding hydrogens is 326 g/mol. The van der Waals surface area contributed by atoms with Crippen LogP contribution in [0.2, 0.25) is 0 Å². The summed E-state index contributed by atoms with van der Waals surface area (Å²) in [4.78, 5) is 13.7. The van der Waals surface area contributed by atoms with Crippen LogP contribution in [0.15, 0.2) is 40.6 Å². The van der Waals surface area contributed by atoms with Crippen molar-refractivity contribution in [3.05, 3.63) is 30.6 Å². The van der Waals surface area contributed by atoms with Crippen LogP contribution in [0, 0.1) is 0 Å². The number of nitrogens with one attached hydrogen (secondary N) is 2. The summed E-state index contributed by atoms with van der Waals surface area (Å²) in [7, 11) is -3.35. The van der Waals surface area contributed by atoms with Gasteiger partial charge in [-0.05, 0) is 39.0 Å². The normalized spacial score (nSPS) is 17.7. The molecule has 24 heavy (non-hydrogen) atoms. The lowest BCUT2D eigenvalue weighted by Crippen LogP contribution is -2.53. The highest BCUT2D eigenvalue weighted by atomic mass is 32.2. The summed E-state index contributed by atoms with van der Waals surface area (Å²) in [6, 6.07) is 5.27. The van der Waals surface area contributed by atoms with Crippen molar-refractivity contribution in [2.45, 2.75) is 37.5 Å². The third kappa shape index (κ3) is 3.14. The van der Waals surface area contributed by atoms with Crippen molar-refractivity contribution < 1.29 is 8.42 Å². The lowest BCUT2D eigenvalue weighted by Gasteiger charge is -2.43.